The second-order valence-electron chi connectivity index (χ2n) is 3.79. The molecule has 1 unspecified atom stereocenters. The Morgan fingerprint density at radius 3 is 2.35 bits per heavy atom. The van der Waals surface area contributed by atoms with Crippen LogP contribution in [0.1, 0.15) is 33.6 Å². The van der Waals surface area contributed by atoms with E-state index in [9.17, 15) is 13.3 Å². The van der Waals surface area contributed by atoms with Crippen molar-refractivity contribution in [1.82, 2.24) is 0 Å². The third-order valence-electron chi connectivity index (χ3n) is 2.84. The van der Waals surface area contributed by atoms with Crippen LogP contribution in [0.2, 0.25) is 0 Å². The first-order chi connectivity index (χ1) is 7.77. The number of allylic oxidation sites excluding steroid dienone is 1. The van der Waals surface area contributed by atoms with Gasteiger partial charge in [0, 0.05) is 9.66 Å². The summed E-state index contributed by atoms with van der Waals surface area (Å²) in [5.41, 5.74) is -4.46. The van der Waals surface area contributed by atoms with Gasteiger partial charge in [0.05, 0.1) is 6.61 Å². The summed E-state index contributed by atoms with van der Waals surface area (Å²) in [6.07, 6.45) is 1.68. The molecule has 0 bridgehead atoms. The molecule has 3 nitrogen and oxygen atoms in total. The first kappa shape index (κ1) is 15.5. The predicted octanol–water partition coefficient (Wildman–Crippen LogP) is 4.72. The molecule has 1 heterocycles. The monoisotopic (exact) mass is 380 g/mol. The Balaban J connectivity index is 3.27. The van der Waals surface area contributed by atoms with Gasteiger partial charge >= 0.3 is 13.3 Å². The Kier molecular flexibility index (Phi) is 4.78. The maximum Gasteiger partial charge on any atom is 0.404 e. The molecule has 0 aromatic rings. The van der Waals surface area contributed by atoms with Gasteiger partial charge in [0.25, 0.3) is 0 Å². The molecule has 0 aromatic carbocycles. The first-order valence-electron chi connectivity index (χ1n) is 5.49. The fourth-order valence-electron chi connectivity index (χ4n) is 1.70. The van der Waals surface area contributed by atoms with E-state index in [1.54, 1.807) is 0 Å². The molecule has 1 atom stereocenters. The highest BCUT2D eigenvalue weighted by atomic mass is 127. The Labute approximate surface area is 114 Å². The molecule has 0 fully saturated rings. The minimum atomic E-state index is -4.42. The molecule has 0 radical (unpaired) electrons. The van der Waals surface area contributed by atoms with E-state index in [1.807, 2.05) is 36.4 Å². The molecule has 1 aliphatic heterocycles. The van der Waals surface area contributed by atoms with Gasteiger partial charge in [-0.05, 0) is 42.4 Å². The van der Waals surface area contributed by atoms with Crippen molar-refractivity contribution in [2.45, 2.75) is 44.9 Å². The topological polar surface area (TPSA) is 35.5 Å². The van der Waals surface area contributed by atoms with Crippen molar-refractivity contribution >= 4 is 30.2 Å². The van der Waals surface area contributed by atoms with Gasteiger partial charge < -0.3 is 4.52 Å². The van der Waals surface area contributed by atoms with Crippen molar-refractivity contribution in [3.8, 4) is 0 Å². The summed E-state index contributed by atoms with van der Waals surface area (Å²) >= 11 is 1.82. The van der Waals surface area contributed by atoms with Crippen molar-refractivity contribution in [2.75, 3.05) is 6.61 Å². The summed E-state index contributed by atoms with van der Waals surface area (Å²) in [4.78, 5) is 0. The Hall–Kier alpha value is 0.480. The summed E-state index contributed by atoms with van der Waals surface area (Å²) in [7, 11) is -4.42. The zero-order chi connectivity index (χ0) is 13.3. The average molecular weight is 380 g/mol. The summed E-state index contributed by atoms with van der Waals surface area (Å²) in [6.45, 7) is 5.08. The van der Waals surface area contributed by atoms with E-state index < -0.39 is 18.9 Å². The maximum atomic E-state index is 13.7. The van der Waals surface area contributed by atoms with E-state index in [0.29, 0.717) is 16.4 Å². The molecule has 0 N–H and O–H groups in total. The van der Waals surface area contributed by atoms with Crippen LogP contribution in [0.4, 0.5) is 8.78 Å². The zero-order valence-electron chi connectivity index (χ0n) is 10.0. The van der Waals surface area contributed by atoms with Crippen molar-refractivity contribution in [3.63, 3.8) is 0 Å². The van der Waals surface area contributed by atoms with Crippen LogP contribution in [-0.2, 0) is 13.6 Å². The number of hydrogen-bond donors (Lipinski definition) is 0. The molecule has 7 heteroatoms. The first-order valence-corrected chi connectivity index (χ1v) is 8.11. The summed E-state index contributed by atoms with van der Waals surface area (Å²) in [5, 5.41) is 0. The molecule has 0 spiro atoms. The van der Waals surface area contributed by atoms with Crippen molar-refractivity contribution in [1.29, 1.82) is 0 Å². The van der Waals surface area contributed by atoms with Crippen molar-refractivity contribution in [2.24, 2.45) is 0 Å². The van der Waals surface area contributed by atoms with Gasteiger partial charge in [0.1, 0.15) is 5.60 Å². The minimum Gasteiger partial charge on any atom is -0.304 e. The van der Waals surface area contributed by atoms with Gasteiger partial charge in [0.2, 0.25) is 0 Å². The maximum absolute atomic E-state index is 13.7. The molecule has 0 saturated heterocycles. The van der Waals surface area contributed by atoms with Gasteiger partial charge in [-0.25, -0.2) is 0 Å². The summed E-state index contributed by atoms with van der Waals surface area (Å²) < 4.78 is 49.9. The zero-order valence-corrected chi connectivity index (χ0v) is 13.1. The number of alkyl halides is 2. The number of halogens is 3. The highest BCUT2D eigenvalue weighted by Gasteiger charge is 2.60. The lowest BCUT2D eigenvalue weighted by Crippen LogP contribution is -2.38. The predicted molar refractivity (Wildman–Crippen MR) is 70.7 cm³/mol. The van der Waals surface area contributed by atoms with Crippen LogP contribution in [0, 0.1) is 0 Å². The Morgan fingerprint density at radius 2 is 1.94 bits per heavy atom. The van der Waals surface area contributed by atoms with Crippen LogP contribution >= 0.6 is 30.2 Å². The smallest absolute Gasteiger partial charge is 0.304 e. The van der Waals surface area contributed by atoms with Gasteiger partial charge in [0.15, 0.2) is 0 Å². The Morgan fingerprint density at radius 1 is 1.41 bits per heavy atom. The highest BCUT2D eigenvalue weighted by molar-refractivity contribution is 14.1. The van der Waals surface area contributed by atoms with E-state index in [1.165, 1.54) is 6.92 Å². The molecule has 1 aliphatic rings. The number of hydrogen-bond acceptors (Lipinski definition) is 3. The average Bonchev–Trinajstić information content (AvgIpc) is 2.24. The molecular weight excluding hydrogens is 364 g/mol. The fraction of sp³-hybridized carbons (Fsp3) is 0.800. The van der Waals surface area contributed by atoms with Gasteiger partial charge in [-0.1, -0.05) is 13.8 Å². The molecular formula is C10H16F2IO3P. The van der Waals surface area contributed by atoms with Crippen LogP contribution in [0.3, 0.4) is 0 Å². The normalized spacial score (nSPS) is 31.1. The van der Waals surface area contributed by atoms with Crippen LogP contribution in [0.15, 0.2) is 9.66 Å². The molecule has 0 saturated carbocycles. The largest absolute Gasteiger partial charge is 0.404 e. The third kappa shape index (κ3) is 2.60. The lowest BCUT2D eigenvalue weighted by Gasteiger charge is -2.40. The molecule has 0 aliphatic carbocycles. The molecule has 100 valence electrons. The minimum absolute atomic E-state index is 0.0687. The van der Waals surface area contributed by atoms with E-state index >= 15 is 0 Å². The van der Waals surface area contributed by atoms with Gasteiger partial charge in [-0.2, -0.15) is 8.78 Å². The second-order valence-corrected chi connectivity index (χ2v) is 6.98. The molecule has 0 amide bonds. The number of rotatable bonds is 4. The lowest BCUT2D eigenvalue weighted by molar-refractivity contribution is 0.0111. The van der Waals surface area contributed by atoms with Crippen LogP contribution < -0.4 is 0 Å². The van der Waals surface area contributed by atoms with Gasteiger partial charge in [-0.15, -0.1) is 0 Å². The Bertz CT molecular complexity index is 367. The van der Waals surface area contributed by atoms with Crippen LogP contribution in [0.25, 0.3) is 0 Å². The lowest BCUT2D eigenvalue weighted by atomic mass is 9.97. The van der Waals surface area contributed by atoms with E-state index in [2.05, 4.69) is 0 Å². The quantitative estimate of drug-likeness (QED) is 0.523. The van der Waals surface area contributed by atoms with E-state index in [4.69, 9.17) is 9.05 Å². The summed E-state index contributed by atoms with van der Waals surface area (Å²) in [6, 6.07) is 0. The fourth-order valence-corrected chi connectivity index (χ4v) is 5.17. The van der Waals surface area contributed by atoms with Crippen LogP contribution in [0.5, 0.6) is 0 Å². The van der Waals surface area contributed by atoms with Crippen molar-refractivity contribution in [3.05, 3.63) is 9.66 Å². The third-order valence-corrected chi connectivity index (χ3v) is 6.18. The van der Waals surface area contributed by atoms with Crippen molar-refractivity contribution < 1.29 is 22.4 Å². The SMILES string of the molecule is CCOP1(=O)OC(CC)(CC)C(I)=CC1(F)F. The highest BCUT2D eigenvalue weighted by Crippen LogP contribution is 2.69. The van der Waals surface area contributed by atoms with Crippen LogP contribution in [-0.4, -0.2) is 17.9 Å². The van der Waals surface area contributed by atoms with E-state index in [-0.39, 0.29) is 6.61 Å². The molecule has 0 aromatic heterocycles. The molecule has 17 heavy (non-hydrogen) atoms. The standard InChI is InChI=1S/C10H16F2IO3P/c1-4-9(5-2)8(13)7-10(11,12)17(14,16-9)15-6-3/h7H,4-6H2,1-3H3. The van der Waals surface area contributed by atoms with Gasteiger partial charge in [-0.3, -0.25) is 9.09 Å². The second kappa shape index (κ2) is 5.23. The van der Waals surface area contributed by atoms with E-state index in [0.717, 1.165) is 6.08 Å². The summed E-state index contributed by atoms with van der Waals surface area (Å²) in [5.74, 6) is 0. The molecule has 1 rings (SSSR count).